The van der Waals surface area contributed by atoms with Gasteiger partial charge >= 0.3 is 11.9 Å². The number of ether oxygens (including phenoxy) is 4. The standard InChI is InChI=1S/C50H70N2O8/c1-3-47(53)51-37-19-15-11-7-5-9-13-17-21-39-57-43-28-23-41(24-29-43)25-36-49(55)59-45-32-34-46(35-33-45)60-50(56)42-26-30-44(31-27-42)58-40-22-18-14-10-6-8-12-16-20-38-52-48(54)4-2/h3-4,23-24,28-29,32-35,42,44H,1-2,5-22,26-27,30-31,37-40H2,(H,51,53)(H,52,54). The molecule has 0 unspecified atom stereocenters. The van der Waals surface area contributed by atoms with Crippen molar-refractivity contribution in [2.24, 2.45) is 5.92 Å². The van der Waals surface area contributed by atoms with Gasteiger partial charge in [0, 0.05) is 31.2 Å². The molecule has 0 saturated heterocycles. The molecule has 1 aliphatic rings. The monoisotopic (exact) mass is 827 g/mol. The van der Waals surface area contributed by atoms with Crippen LogP contribution in [0, 0.1) is 17.8 Å². The molecule has 0 spiro atoms. The molecule has 10 heteroatoms. The first kappa shape index (κ1) is 49.5. The molecule has 2 N–H and O–H groups in total. The largest absolute Gasteiger partial charge is 0.494 e. The second-order valence-corrected chi connectivity index (χ2v) is 15.6. The Balaban J connectivity index is 1.17. The lowest BCUT2D eigenvalue weighted by Crippen LogP contribution is -2.29. The highest BCUT2D eigenvalue weighted by atomic mass is 16.5. The highest BCUT2D eigenvalue weighted by molar-refractivity contribution is 5.91. The van der Waals surface area contributed by atoms with Gasteiger partial charge in [-0.3, -0.25) is 14.4 Å². The predicted octanol–water partition coefficient (Wildman–Crippen LogP) is 10.1. The van der Waals surface area contributed by atoms with Crippen LogP contribution < -0.4 is 24.8 Å². The van der Waals surface area contributed by atoms with Crippen LogP contribution in [0.15, 0.2) is 73.8 Å². The van der Waals surface area contributed by atoms with Crippen LogP contribution in [-0.2, 0) is 23.9 Å². The van der Waals surface area contributed by atoms with E-state index in [-0.39, 0.29) is 29.8 Å². The third-order valence-corrected chi connectivity index (χ3v) is 10.7. The number of nitrogens with one attached hydrogen (secondary N) is 2. The van der Waals surface area contributed by atoms with Crippen LogP contribution in [0.25, 0.3) is 0 Å². The minimum absolute atomic E-state index is 0.0958. The van der Waals surface area contributed by atoms with Gasteiger partial charge in [-0.05, 0) is 112 Å². The summed E-state index contributed by atoms with van der Waals surface area (Å²) in [7, 11) is 0. The average Bonchev–Trinajstić information content (AvgIpc) is 3.27. The Hall–Kier alpha value is -4.88. The van der Waals surface area contributed by atoms with Crippen molar-refractivity contribution in [3.05, 3.63) is 79.4 Å². The van der Waals surface area contributed by atoms with E-state index in [9.17, 15) is 19.2 Å². The number of amides is 2. The maximum Gasteiger partial charge on any atom is 0.390 e. The topological polar surface area (TPSA) is 129 Å². The second kappa shape index (κ2) is 32.0. The van der Waals surface area contributed by atoms with Crippen LogP contribution in [0.1, 0.15) is 147 Å². The number of hydrogen-bond acceptors (Lipinski definition) is 8. The molecule has 0 atom stereocenters. The molecule has 2 amide bonds. The van der Waals surface area contributed by atoms with Gasteiger partial charge in [0.2, 0.25) is 11.8 Å². The SMILES string of the molecule is C=CC(=O)NCCCCCCCCCCCOc1ccc(C#CC(=O)Oc2ccc(OC(=O)C3CCC(OCCCCCCCCCCCNC(=O)C=C)CC3)cc2)cc1. The second-order valence-electron chi connectivity index (χ2n) is 15.6. The molecule has 3 rings (SSSR count). The lowest BCUT2D eigenvalue weighted by atomic mass is 9.87. The first-order chi connectivity index (χ1) is 29.4. The molecule has 0 heterocycles. The zero-order valence-electron chi connectivity index (χ0n) is 36.0. The van der Waals surface area contributed by atoms with E-state index in [1.54, 1.807) is 24.3 Å². The van der Waals surface area contributed by atoms with Crippen molar-refractivity contribution in [1.82, 2.24) is 10.6 Å². The average molecular weight is 827 g/mol. The Bertz CT molecular complexity index is 1600. The molecule has 60 heavy (non-hydrogen) atoms. The number of esters is 2. The maximum atomic E-state index is 12.9. The third kappa shape index (κ3) is 23.6. The summed E-state index contributed by atoms with van der Waals surface area (Å²) in [5.41, 5.74) is 0.679. The Labute approximate surface area is 359 Å². The summed E-state index contributed by atoms with van der Waals surface area (Å²) < 4.78 is 23.0. The van der Waals surface area contributed by atoms with E-state index in [4.69, 9.17) is 18.9 Å². The number of unbranched alkanes of at least 4 members (excludes halogenated alkanes) is 16. The molecule has 2 aromatic carbocycles. The number of rotatable bonds is 31. The number of carbonyl (C=O) groups excluding carboxylic acids is 4. The molecule has 2 aromatic rings. The van der Waals surface area contributed by atoms with Crippen molar-refractivity contribution < 1.29 is 38.1 Å². The van der Waals surface area contributed by atoms with Gasteiger partial charge in [0.05, 0.1) is 18.6 Å². The van der Waals surface area contributed by atoms with Gasteiger partial charge in [-0.25, -0.2) is 4.79 Å². The van der Waals surface area contributed by atoms with Crippen molar-refractivity contribution in [2.75, 3.05) is 26.3 Å². The highest BCUT2D eigenvalue weighted by Crippen LogP contribution is 2.29. The van der Waals surface area contributed by atoms with Gasteiger partial charge in [0.25, 0.3) is 0 Å². The van der Waals surface area contributed by atoms with E-state index in [0.717, 1.165) is 96.1 Å². The lowest BCUT2D eigenvalue weighted by molar-refractivity contribution is -0.141. The molecule has 10 nitrogen and oxygen atoms in total. The Morgan fingerprint density at radius 2 is 0.983 bits per heavy atom. The number of hydrogen-bond donors (Lipinski definition) is 2. The van der Waals surface area contributed by atoms with Crippen LogP contribution in [0.3, 0.4) is 0 Å². The van der Waals surface area contributed by atoms with Gasteiger partial charge in [-0.15, -0.1) is 0 Å². The summed E-state index contributed by atoms with van der Waals surface area (Å²) >= 11 is 0. The lowest BCUT2D eigenvalue weighted by Gasteiger charge is -2.27. The van der Waals surface area contributed by atoms with Crippen molar-refractivity contribution in [3.8, 4) is 29.1 Å². The van der Waals surface area contributed by atoms with E-state index in [2.05, 4.69) is 35.6 Å². The Morgan fingerprint density at radius 1 is 0.550 bits per heavy atom. The van der Waals surface area contributed by atoms with Crippen LogP contribution in [-0.4, -0.2) is 56.2 Å². The molecular weight excluding hydrogens is 757 g/mol. The summed E-state index contributed by atoms with van der Waals surface area (Å²) in [6, 6.07) is 13.8. The molecule has 1 fully saturated rings. The van der Waals surface area contributed by atoms with Gasteiger partial charge < -0.3 is 29.6 Å². The van der Waals surface area contributed by atoms with Crippen LogP contribution in [0.2, 0.25) is 0 Å². The van der Waals surface area contributed by atoms with Gasteiger partial charge in [-0.1, -0.05) is 109 Å². The molecule has 1 aliphatic carbocycles. The zero-order chi connectivity index (χ0) is 42.9. The third-order valence-electron chi connectivity index (χ3n) is 10.7. The van der Waals surface area contributed by atoms with E-state index in [1.807, 2.05) is 24.3 Å². The summed E-state index contributed by atoms with van der Waals surface area (Å²) in [6.07, 6.45) is 27.1. The quantitative estimate of drug-likeness (QED) is 0.0253. The highest BCUT2D eigenvalue weighted by Gasteiger charge is 2.28. The van der Waals surface area contributed by atoms with Gasteiger partial charge in [0.15, 0.2) is 0 Å². The van der Waals surface area contributed by atoms with E-state index >= 15 is 0 Å². The minimum atomic E-state index is -0.680. The summed E-state index contributed by atoms with van der Waals surface area (Å²) in [5.74, 6) is 5.59. The minimum Gasteiger partial charge on any atom is -0.494 e. The predicted molar refractivity (Wildman–Crippen MR) is 238 cm³/mol. The first-order valence-corrected chi connectivity index (χ1v) is 22.6. The molecule has 1 saturated carbocycles. The summed E-state index contributed by atoms with van der Waals surface area (Å²) in [5, 5.41) is 5.63. The van der Waals surface area contributed by atoms with Crippen LogP contribution in [0.5, 0.6) is 17.2 Å². The smallest absolute Gasteiger partial charge is 0.390 e. The molecule has 0 aromatic heterocycles. The van der Waals surface area contributed by atoms with Crippen LogP contribution >= 0.6 is 0 Å². The van der Waals surface area contributed by atoms with Crippen molar-refractivity contribution >= 4 is 23.8 Å². The number of benzene rings is 2. The Morgan fingerprint density at radius 3 is 1.48 bits per heavy atom. The van der Waals surface area contributed by atoms with Gasteiger partial charge in [0.1, 0.15) is 17.2 Å². The van der Waals surface area contributed by atoms with Crippen molar-refractivity contribution in [2.45, 2.75) is 147 Å². The van der Waals surface area contributed by atoms with Crippen molar-refractivity contribution in [3.63, 3.8) is 0 Å². The normalized spacial score (nSPS) is 14.5. The fraction of sp³-hybridized carbons (Fsp3) is 0.560. The molecule has 0 radical (unpaired) electrons. The van der Waals surface area contributed by atoms with E-state index in [0.29, 0.717) is 23.7 Å². The maximum absolute atomic E-state index is 12.9. The first-order valence-electron chi connectivity index (χ1n) is 22.6. The van der Waals surface area contributed by atoms with E-state index < -0.39 is 5.97 Å². The fourth-order valence-corrected chi connectivity index (χ4v) is 7.07. The molecular formula is C50H70N2O8. The molecule has 328 valence electrons. The molecule has 0 aliphatic heterocycles. The fourth-order valence-electron chi connectivity index (χ4n) is 7.07. The molecule has 0 bridgehead atoms. The number of carbonyl (C=O) groups is 4. The Kier molecular flexibility index (Phi) is 26.4. The summed E-state index contributed by atoms with van der Waals surface area (Å²) in [6.45, 7) is 9.80. The van der Waals surface area contributed by atoms with Crippen molar-refractivity contribution in [1.29, 1.82) is 0 Å². The van der Waals surface area contributed by atoms with Crippen LogP contribution in [0.4, 0.5) is 0 Å². The summed E-state index contributed by atoms with van der Waals surface area (Å²) in [4.78, 5) is 47.5. The van der Waals surface area contributed by atoms with E-state index in [1.165, 1.54) is 82.8 Å². The zero-order valence-corrected chi connectivity index (χ0v) is 36.0. The van der Waals surface area contributed by atoms with Gasteiger partial charge in [-0.2, -0.15) is 0 Å².